The molecule has 1 heterocycles. The molecule has 2 fully saturated rings. The van der Waals surface area contributed by atoms with E-state index in [4.69, 9.17) is 26.8 Å². The summed E-state index contributed by atoms with van der Waals surface area (Å²) in [5.41, 5.74) is 6.54. The van der Waals surface area contributed by atoms with Crippen LogP contribution in [0.5, 0.6) is 5.75 Å². The minimum Gasteiger partial charge on any atom is -0.489 e. The van der Waals surface area contributed by atoms with E-state index >= 15 is 0 Å². The van der Waals surface area contributed by atoms with E-state index in [2.05, 4.69) is 0 Å². The molecule has 2 aliphatic rings. The lowest BCUT2D eigenvalue weighted by molar-refractivity contribution is -0.129. The van der Waals surface area contributed by atoms with Crippen LogP contribution >= 0.6 is 11.6 Å². The van der Waals surface area contributed by atoms with E-state index in [0.717, 1.165) is 32.3 Å². The molecule has 1 aliphatic carbocycles. The van der Waals surface area contributed by atoms with Gasteiger partial charge in [-0.3, -0.25) is 0 Å². The first-order valence-corrected chi connectivity index (χ1v) is 7.90. The number of halogens is 1. The molecule has 1 aromatic carbocycles. The van der Waals surface area contributed by atoms with Crippen LogP contribution in [0.2, 0.25) is 5.02 Å². The topological polar surface area (TPSA) is 44.5 Å². The van der Waals surface area contributed by atoms with Crippen molar-refractivity contribution in [2.24, 2.45) is 0 Å². The van der Waals surface area contributed by atoms with Crippen molar-refractivity contribution in [2.45, 2.75) is 56.7 Å². The van der Waals surface area contributed by atoms with Gasteiger partial charge >= 0.3 is 0 Å². The Hall–Kier alpha value is -0.930. The maximum Gasteiger partial charge on any atom is 0.140 e. The fourth-order valence-electron chi connectivity index (χ4n) is 3.42. The summed E-state index contributed by atoms with van der Waals surface area (Å²) in [6.07, 6.45) is 8.27. The molecule has 3 nitrogen and oxygen atoms in total. The van der Waals surface area contributed by atoms with Crippen molar-refractivity contribution in [3.8, 4) is 5.75 Å². The Bertz CT molecular complexity index is 466. The normalized spacial score (nSPS) is 25.6. The molecule has 4 heteroatoms. The van der Waals surface area contributed by atoms with E-state index in [-0.39, 0.29) is 11.7 Å². The molecule has 1 unspecified atom stereocenters. The summed E-state index contributed by atoms with van der Waals surface area (Å²) >= 11 is 6.18. The third-order valence-electron chi connectivity index (χ3n) is 4.46. The van der Waals surface area contributed by atoms with Gasteiger partial charge in [0.25, 0.3) is 0 Å². The Morgan fingerprint density at radius 3 is 2.85 bits per heavy atom. The van der Waals surface area contributed by atoms with Gasteiger partial charge in [0.05, 0.1) is 17.2 Å². The summed E-state index contributed by atoms with van der Waals surface area (Å²) in [6, 6.07) is 5.40. The van der Waals surface area contributed by atoms with Crippen LogP contribution in [0.25, 0.3) is 0 Å². The SMILES string of the molecule is Nc1ccc(Cl)c(OC2CCOC3(CCCCC3)C2)c1. The zero-order valence-electron chi connectivity index (χ0n) is 11.7. The van der Waals surface area contributed by atoms with Crippen LogP contribution in [0, 0.1) is 0 Å². The first kappa shape index (κ1) is 14.0. The molecule has 0 aromatic heterocycles. The molecule has 1 aromatic rings. The van der Waals surface area contributed by atoms with Crippen molar-refractivity contribution in [3.63, 3.8) is 0 Å². The number of hydrogen-bond donors (Lipinski definition) is 1. The Labute approximate surface area is 125 Å². The second-order valence-corrected chi connectivity index (χ2v) is 6.42. The standard InChI is InChI=1S/C16H22ClNO2/c17-14-5-4-12(18)10-15(14)20-13-6-9-19-16(11-13)7-2-1-3-8-16/h4-5,10,13H,1-3,6-9,11,18H2. The lowest BCUT2D eigenvalue weighted by Gasteiger charge is -2.43. The second-order valence-electron chi connectivity index (χ2n) is 6.01. The predicted octanol–water partition coefficient (Wildman–Crippen LogP) is 4.18. The monoisotopic (exact) mass is 295 g/mol. The van der Waals surface area contributed by atoms with E-state index in [1.807, 2.05) is 6.07 Å². The van der Waals surface area contributed by atoms with Gasteiger partial charge in [0.1, 0.15) is 11.9 Å². The number of hydrogen-bond acceptors (Lipinski definition) is 3. The lowest BCUT2D eigenvalue weighted by Crippen LogP contribution is -2.45. The first-order valence-electron chi connectivity index (χ1n) is 7.53. The van der Waals surface area contributed by atoms with Gasteiger partial charge in [0.15, 0.2) is 0 Å². The summed E-state index contributed by atoms with van der Waals surface area (Å²) in [4.78, 5) is 0. The van der Waals surface area contributed by atoms with Gasteiger partial charge in [0.2, 0.25) is 0 Å². The molecule has 1 saturated carbocycles. The van der Waals surface area contributed by atoms with Gasteiger partial charge in [0, 0.05) is 24.6 Å². The minimum atomic E-state index is 0.0496. The van der Waals surface area contributed by atoms with E-state index in [0.29, 0.717) is 16.5 Å². The van der Waals surface area contributed by atoms with Crippen molar-refractivity contribution in [3.05, 3.63) is 23.2 Å². The lowest BCUT2D eigenvalue weighted by atomic mass is 9.79. The number of anilines is 1. The second kappa shape index (κ2) is 5.82. The number of ether oxygens (including phenoxy) is 2. The fraction of sp³-hybridized carbons (Fsp3) is 0.625. The molecule has 0 amide bonds. The maximum absolute atomic E-state index is 6.18. The molecule has 1 spiro atoms. The summed E-state index contributed by atoms with van der Waals surface area (Å²) in [5.74, 6) is 0.699. The van der Waals surface area contributed by atoms with Gasteiger partial charge in [-0.1, -0.05) is 30.9 Å². The van der Waals surface area contributed by atoms with E-state index in [1.54, 1.807) is 12.1 Å². The van der Waals surface area contributed by atoms with Crippen LogP contribution in [0.15, 0.2) is 18.2 Å². The third-order valence-corrected chi connectivity index (χ3v) is 4.77. The summed E-state index contributed by atoms with van der Waals surface area (Å²) in [5, 5.41) is 0.628. The summed E-state index contributed by atoms with van der Waals surface area (Å²) in [7, 11) is 0. The molecule has 1 saturated heterocycles. The highest BCUT2D eigenvalue weighted by Gasteiger charge is 2.39. The van der Waals surface area contributed by atoms with Crippen LogP contribution in [-0.2, 0) is 4.74 Å². The number of nitrogens with two attached hydrogens (primary N) is 1. The third kappa shape index (κ3) is 3.04. The Balaban J connectivity index is 1.69. The largest absolute Gasteiger partial charge is 0.489 e. The van der Waals surface area contributed by atoms with Crippen molar-refractivity contribution in [1.29, 1.82) is 0 Å². The molecule has 110 valence electrons. The number of benzene rings is 1. The van der Waals surface area contributed by atoms with Gasteiger partial charge in [-0.25, -0.2) is 0 Å². The quantitative estimate of drug-likeness (QED) is 0.832. The molecule has 3 rings (SSSR count). The van der Waals surface area contributed by atoms with Crippen LogP contribution in [-0.4, -0.2) is 18.3 Å². The average molecular weight is 296 g/mol. The molecule has 1 atom stereocenters. The fourth-order valence-corrected chi connectivity index (χ4v) is 3.58. The van der Waals surface area contributed by atoms with Crippen LogP contribution in [0.3, 0.4) is 0 Å². The van der Waals surface area contributed by atoms with Gasteiger partial charge in [-0.15, -0.1) is 0 Å². The summed E-state index contributed by atoms with van der Waals surface area (Å²) in [6.45, 7) is 0.782. The zero-order chi connectivity index (χ0) is 14.0. The van der Waals surface area contributed by atoms with Gasteiger partial charge in [-0.05, 0) is 25.0 Å². The molecule has 2 N–H and O–H groups in total. The van der Waals surface area contributed by atoms with Crippen LogP contribution < -0.4 is 10.5 Å². The Morgan fingerprint density at radius 2 is 2.05 bits per heavy atom. The van der Waals surface area contributed by atoms with Crippen molar-refractivity contribution < 1.29 is 9.47 Å². The van der Waals surface area contributed by atoms with Crippen molar-refractivity contribution >= 4 is 17.3 Å². The molecule has 20 heavy (non-hydrogen) atoms. The average Bonchev–Trinajstić information content (AvgIpc) is 2.44. The Morgan fingerprint density at radius 1 is 1.25 bits per heavy atom. The number of rotatable bonds is 2. The molecule has 0 bridgehead atoms. The smallest absolute Gasteiger partial charge is 0.140 e. The van der Waals surface area contributed by atoms with Crippen LogP contribution in [0.1, 0.15) is 44.9 Å². The zero-order valence-corrected chi connectivity index (χ0v) is 12.5. The minimum absolute atomic E-state index is 0.0496. The van der Waals surface area contributed by atoms with Gasteiger partial charge in [-0.2, -0.15) is 0 Å². The maximum atomic E-state index is 6.18. The van der Waals surface area contributed by atoms with Crippen molar-refractivity contribution in [1.82, 2.24) is 0 Å². The predicted molar refractivity (Wildman–Crippen MR) is 81.3 cm³/mol. The Kier molecular flexibility index (Phi) is 4.08. The van der Waals surface area contributed by atoms with E-state index in [1.165, 1.54) is 19.3 Å². The number of nitrogen functional groups attached to an aromatic ring is 1. The highest BCUT2D eigenvalue weighted by Crippen LogP contribution is 2.40. The molecule has 1 aliphatic heterocycles. The molecular formula is C16H22ClNO2. The van der Waals surface area contributed by atoms with Crippen LogP contribution in [0.4, 0.5) is 5.69 Å². The highest BCUT2D eigenvalue weighted by atomic mass is 35.5. The van der Waals surface area contributed by atoms with E-state index in [9.17, 15) is 0 Å². The molecule has 0 radical (unpaired) electrons. The highest BCUT2D eigenvalue weighted by molar-refractivity contribution is 6.32. The first-order chi connectivity index (χ1) is 9.67. The van der Waals surface area contributed by atoms with Crippen molar-refractivity contribution in [2.75, 3.05) is 12.3 Å². The van der Waals surface area contributed by atoms with E-state index < -0.39 is 0 Å². The summed E-state index contributed by atoms with van der Waals surface area (Å²) < 4.78 is 12.2. The molecular weight excluding hydrogens is 274 g/mol. The van der Waals surface area contributed by atoms with Gasteiger partial charge < -0.3 is 15.2 Å².